The lowest BCUT2D eigenvalue weighted by atomic mass is 10.2. The summed E-state index contributed by atoms with van der Waals surface area (Å²) in [6.07, 6.45) is -3.56. The first-order chi connectivity index (χ1) is 15.6. The van der Waals surface area contributed by atoms with Crippen LogP contribution in [0.3, 0.4) is 0 Å². The Labute approximate surface area is 190 Å². The molecule has 3 rings (SSSR count). The van der Waals surface area contributed by atoms with Crippen LogP contribution in [0, 0.1) is 0 Å². The number of carbonyl (C=O) groups is 2. The van der Waals surface area contributed by atoms with E-state index in [0.717, 1.165) is 22.5 Å². The molecule has 11 heteroatoms. The molecule has 0 spiro atoms. The molecule has 178 valence electrons. The van der Waals surface area contributed by atoms with Crippen molar-refractivity contribution in [2.75, 3.05) is 19.6 Å². The second-order valence-electron chi connectivity index (χ2n) is 7.57. The Morgan fingerprint density at radius 2 is 1.70 bits per heavy atom. The molecule has 0 saturated carbocycles. The molecule has 2 aromatic carbocycles. The molecule has 33 heavy (non-hydrogen) atoms. The summed E-state index contributed by atoms with van der Waals surface area (Å²) in [4.78, 5) is 24.1. The van der Waals surface area contributed by atoms with Gasteiger partial charge in [0.2, 0.25) is 15.9 Å². The molecular weight excluding hydrogens is 459 g/mol. The van der Waals surface area contributed by atoms with E-state index in [4.69, 9.17) is 0 Å². The van der Waals surface area contributed by atoms with Crippen LogP contribution in [0.2, 0.25) is 0 Å². The average molecular weight is 484 g/mol. The van der Waals surface area contributed by atoms with E-state index in [2.05, 4.69) is 10.6 Å². The zero-order valence-corrected chi connectivity index (χ0v) is 18.5. The molecule has 1 atom stereocenters. The highest BCUT2D eigenvalue weighted by molar-refractivity contribution is 7.89. The van der Waals surface area contributed by atoms with Gasteiger partial charge in [0.25, 0.3) is 5.91 Å². The third-order valence-corrected chi connectivity index (χ3v) is 7.15. The highest BCUT2D eigenvalue weighted by atomic mass is 32.2. The van der Waals surface area contributed by atoms with E-state index in [9.17, 15) is 31.2 Å². The van der Waals surface area contributed by atoms with E-state index in [0.29, 0.717) is 31.0 Å². The van der Waals surface area contributed by atoms with Gasteiger partial charge < -0.3 is 10.6 Å². The van der Waals surface area contributed by atoms with Gasteiger partial charge in [0.05, 0.1) is 10.5 Å². The number of hydrogen-bond donors (Lipinski definition) is 2. The van der Waals surface area contributed by atoms with Gasteiger partial charge >= 0.3 is 6.18 Å². The molecule has 0 aliphatic carbocycles. The molecule has 1 heterocycles. The van der Waals surface area contributed by atoms with Gasteiger partial charge in [0.1, 0.15) is 6.04 Å². The van der Waals surface area contributed by atoms with Crippen molar-refractivity contribution >= 4 is 21.8 Å². The predicted molar refractivity (Wildman–Crippen MR) is 115 cm³/mol. The molecule has 7 nitrogen and oxygen atoms in total. The average Bonchev–Trinajstić information content (AvgIpc) is 3.30. The molecule has 1 fully saturated rings. The van der Waals surface area contributed by atoms with Crippen LogP contribution in [-0.4, -0.2) is 50.2 Å². The van der Waals surface area contributed by atoms with Crippen molar-refractivity contribution in [2.24, 2.45) is 0 Å². The topological polar surface area (TPSA) is 95.6 Å². The van der Waals surface area contributed by atoms with Crippen molar-refractivity contribution in [3.8, 4) is 0 Å². The molecule has 1 aliphatic rings. The number of alkyl halides is 3. The van der Waals surface area contributed by atoms with Gasteiger partial charge in [-0.15, -0.1) is 0 Å². The van der Waals surface area contributed by atoms with Crippen LogP contribution in [0.15, 0.2) is 59.5 Å². The van der Waals surface area contributed by atoms with Crippen molar-refractivity contribution in [1.82, 2.24) is 14.9 Å². The minimum absolute atomic E-state index is 0.0454. The van der Waals surface area contributed by atoms with Crippen LogP contribution >= 0.6 is 0 Å². The molecule has 0 bridgehead atoms. The molecule has 1 aliphatic heterocycles. The van der Waals surface area contributed by atoms with E-state index in [1.807, 2.05) is 0 Å². The number of carbonyl (C=O) groups excluding carboxylic acids is 2. The number of benzene rings is 2. The van der Waals surface area contributed by atoms with Gasteiger partial charge in [-0.1, -0.05) is 24.3 Å². The SMILES string of the molecule is O=C(NCCCNC(=O)[C@H]1CCCN1S(=O)(=O)c1cccc(C(F)(F)F)c1)c1ccccc1. The molecule has 0 radical (unpaired) electrons. The zero-order chi connectivity index (χ0) is 24.1. The number of nitrogens with one attached hydrogen (secondary N) is 2. The summed E-state index contributed by atoms with van der Waals surface area (Å²) in [6, 6.07) is 11.1. The fourth-order valence-electron chi connectivity index (χ4n) is 3.57. The maximum Gasteiger partial charge on any atom is 0.416 e. The van der Waals surface area contributed by atoms with Crippen LogP contribution in [-0.2, 0) is 21.0 Å². The third-order valence-electron chi connectivity index (χ3n) is 5.25. The maximum absolute atomic E-state index is 13.0. The van der Waals surface area contributed by atoms with Crippen molar-refractivity contribution in [3.63, 3.8) is 0 Å². The quantitative estimate of drug-likeness (QED) is 0.565. The molecule has 2 aromatic rings. The third kappa shape index (κ3) is 6.11. The Hall–Kier alpha value is -2.92. The van der Waals surface area contributed by atoms with Gasteiger partial charge in [-0.2, -0.15) is 17.5 Å². The summed E-state index contributed by atoms with van der Waals surface area (Å²) in [5.74, 6) is -0.756. The van der Waals surface area contributed by atoms with E-state index in [1.54, 1.807) is 30.3 Å². The lowest BCUT2D eigenvalue weighted by molar-refractivity contribution is -0.137. The van der Waals surface area contributed by atoms with Gasteiger partial charge in [-0.3, -0.25) is 9.59 Å². The van der Waals surface area contributed by atoms with Crippen LogP contribution in [0.4, 0.5) is 13.2 Å². The Morgan fingerprint density at radius 1 is 1.00 bits per heavy atom. The number of rotatable bonds is 8. The van der Waals surface area contributed by atoms with Gasteiger partial charge in [0.15, 0.2) is 0 Å². The molecule has 0 unspecified atom stereocenters. The summed E-state index contributed by atoms with van der Waals surface area (Å²) in [6.45, 7) is 0.566. The van der Waals surface area contributed by atoms with Gasteiger partial charge in [0, 0.05) is 25.2 Å². The van der Waals surface area contributed by atoms with Crippen molar-refractivity contribution in [3.05, 3.63) is 65.7 Å². The fourth-order valence-corrected chi connectivity index (χ4v) is 5.27. The van der Waals surface area contributed by atoms with Crippen LogP contribution < -0.4 is 10.6 Å². The number of halogens is 3. The number of hydrogen-bond acceptors (Lipinski definition) is 4. The molecule has 2 N–H and O–H groups in total. The summed E-state index contributed by atoms with van der Waals surface area (Å²) in [5.41, 5.74) is -0.552. The van der Waals surface area contributed by atoms with E-state index in [-0.39, 0.29) is 25.4 Å². The van der Waals surface area contributed by atoms with Crippen molar-refractivity contribution in [1.29, 1.82) is 0 Å². The van der Waals surface area contributed by atoms with Gasteiger partial charge in [-0.25, -0.2) is 8.42 Å². The highest BCUT2D eigenvalue weighted by Gasteiger charge is 2.40. The Morgan fingerprint density at radius 3 is 2.39 bits per heavy atom. The second-order valence-corrected chi connectivity index (χ2v) is 9.46. The largest absolute Gasteiger partial charge is 0.416 e. The Balaban J connectivity index is 1.55. The van der Waals surface area contributed by atoms with E-state index < -0.39 is 38.6 Å². The summed E-state index contributed by atoms with van der Waals surface area (Å²) in [5, 5.41) is 5.38. The smallest absolute Gasteiger partial charge is 0.355 e. The van der Waals surface area contributed by atoms with Crippen LogP contribution in [0.5, 0.6) is 0 Å². The number of amides is 2. The standard InChI is InChI=1S/C22H24F3N3O4S/c23-22(24,25)17-9-4-10-18(15-17)33(31,32)28-14-5-11-19(28)21(30)27-13-6-12-26-20(29)16-7-2-1-3-8-16/h1-4,7-10,15,19H,5-6,11-14H2,(H,26,29)(H,27,30)/t19-/m1/s1. The number of nitrogens with zero attached hydrogens (tertiary/aromatic N) is 1. The lowest BCUT2D eigenvalue weighted by Crippen LogP contribution is -2.46. The monoisotopic (exact) mass is 483 g/mol. The van der Waals surface area contributed by atoms with E-state index in [1.165, 1.54) is 0 Å². The summed E-state index contributed by atoms with van der Waals surface area (Å²) < 4.78 is 65.8. The Bertz CT molecular complexity index is 1090. The normalized spacial score (nSPS) is 17.0. The van der Waals surface area contributed by atoms with Crippen LogP contribution in [0.25, 0.3) is 0 Å². The first-order valence-electron chi connectivity index (χ1n) is 10.4. The van der Waals surface area contributed by atoms with Crippen molar-refractivity contribution < 1.29 is 31.2 Å². The molecular formula is C22H24F3N3O4S. The zero-order valence-electron chi connectivity index (χ0n) is 17.6. The first-order valence-corrected chi connectivity index (χ1v) is 11.8. The molecule has 0 aromatic heterocycles. The predicted octanol–water partition coefficient (Wildman–Crippen LogP) is 2.79. The maximum atomic E-state index is 13.0. The highest BCUT2D eigenvalue weighted by Crippen LogP contribution is 2.32. The van der Waals surface area contributed by atoms with Crippen LogP contribution in [0.1, 0.15) is 35.2 Å². The first kappa shape index (κ1) is 24.7. The Kier molecular flexibility index (Phi) is 7.75. The van der Waals surface area contributed by atoms with E-state index >= 15 is 0 Å². The summed E-state index contributed by atoms with van der Waals surface area (Å²) >= 11 is 0. The lowest BCUT2D eigenvalue weighted by Gasteiger charge is -2.23. The second kappa shape index (κ2) is 10.3. The summed E-state index contributed by atoms with van der Waals surface area (Å²) in [7, 11) is -4.28. The number of sulfonamides is 1. The van der Waals surface area contributed by atoms with Gasteiger partial charge in [-0.05, 0) is 49.6 Å². The molecule has 2 amide bonds. The van der Waals surface area contributed by atoms with Crippen molar-refractivity contribution in [2.45, 2.75) is 36.4 Å². The minimum atomic E-state index is -4.68. The minimum Gasteiger partial charge on any atom is -0.355 e. The molecule has 1 saturated heterocycles. The fraction of sp³-hybridized carbons (Fsp3) is 0.364.